The number of thioether (sulfide) groups is 1. The summed E-state index contributed by atoms with van der Waals surface area (Å²) in [4.78, 5) is 8.47. The monoisotopic (exact) mass is 268 g/mol. The highest BCUT2D eigenvalue weighted by molar-refractivity contribution is 7.99. The molecular weight excluding hydrogens is 256 g/mol. The largest absolute Gasteiger partial charge is 0.385 e. The van der Waals surface area contributed by atoms with Crippen molar-refractivity contribution in [1.82, 2.24) is 9.97 Å². The van der Waals surface area contributed by atoms with E-state index < -0.39 is 0 Å². The molecule has 90 valence electrons. The fourth-order valence-electron chi connectivity index (χ4n) is 1.50. The zero-order chi connectivity index (χ0) is 12.1. The summed E-state index contributed by atoms with van der Waals surface area (Å²) in [7, 11) is 1.71. The van der Waals surface area contributed by atoms with Gasteiger partial charge in [0.05, 0.1) is 5.52 Å². The third-order valence-corrected chi connectivity index (χ3v) is 3.52. The van der Waals surface area contributed by atoms with E-state index in [0.717, 1.165) is 34.7 Å². The number of rotatable bonds is 5. The Labute approximate surface area is 110 Å². The zero-order valence-corrected chi connectivity index (χ0v) is 11.1. The second-order valence-electron chi connectivity index (χ2n) is 3.51. The van der Waals surface area contributed by atoms with Crippen LogP contribution in [0.5, 0.6) is 0 Å². The third kappa shape index (κ3) is 3.31. The molecule has 0 atom stereocenters. The van der Waals surface area contributed by atoms with Crippen LogP contribution in [-0.2, 0) is 4.74 Å². The van der Waals surface area contributed by atoms with Crippen LogP contribution in [0.3, 0.4) is 0 Å². The Balaban J connectivity index is 2.20. The molecule has 0 spiro atoms. The van der Waals surface area contributed by atoms with Crippen molar-refractivity contribution in [1.29, 1.82) is 0 Å². The van der Waals surface area contributed by atoms with Crippen molar-refractivity contribution >= 4 is 34.3 Å². The molecule has 3 nitrogen and oxygen atoms in total. The van der Waals surface area contributed by atoms with Crippen molar-refractivity contribution in [3.63, 3.8) is 0 Å². The van der Waals surface area contributed by atoms with Crippen molar-refractivity contribution in [2.75, 3.05) is 19.5 Å². The molecule has 1 aromatic carbocycles. The fraction of sp³-hybridized carbons (Fsp3) is 0.333. The maximum absolute atomic E-state index is 5.90. The third-order valence-electron chi connectivity index (χ3n) is 2.27. The Bertz CT molecular complexity index is 507. The first-order valence-corrected chi connectivity index (χ1v) is 6.71. The number of methoxy groups -OCH3 is 1. The molecule has 0 aliphatic heterocycles. The van der Waals surface area contributed by atoms with E-state index in [1.54, 1.807) is 18.9 Å². The Hall–Kier alpha value is -0.840. The molecule has 0 saturated carbocycles. The van der Waals surface area contributed by atoms with Crippen LogP contribution in [0.4, 0.5) is 0 Å². The SMILES string of the molecule is COCCCSc1nc(Cl)nc2ccccc12. The lowest BCUT2D eigenvalue weighted by molar-refractivity contribution is 0.200. The normalized spacial score (nSPS) is 10.9. The number of hydrogen-bond acceptors (Lipinski definition) is 4. The van der Waals surface area contributed by atoms with Gasteiger partial charge in [0.25, 0.3) is 0 Å². The van der Waals surface area contributed by atoms with Crippen LogP contribution in [0.25, 0.3) is 10.9 Å². The van der Waals surface area contributed by atoms with Crippen LogP contribution < -0.4 is 0 Å². The summed E-state index contributed by atoms with van der Waals surface area (Å²) < 4.78 is 5.02. The number of nitrogens with zero attached hydrogens (tertiary/aromatic N) is 2. The lowest BCUT2D eigenvalue weighted by Gasteiger charge is -2.05. The van der Waals surface area contributed by atoms with Gasteiger partial charge in [0.15, 0.2) is 0 Å². The van der Waals surface area contributed by atoms with E-state index in [-0.39, 0.29) is 0 Å². The first-order valence-electron chi connectivity index (χ1n) is 5.35. The van der Waals surface area contributed by atoms with E-state index in [9.17, 15) is 0 Å². The highest BCUT2D eigenvalue weighted by Gasteiger charge is 2.06. The predicted molar refractivity (Wildman–Crippen MR) is 71.8 cm³/mol. The van der Waals surface area contributed by atoms with Gasteiger partial charge in [-0.15, -0.1) is 11.8 Å². The van der Waals surface area contributed by atoms with E-state index in [0.29, 0.717) is 5.28 Å². The van der Waals surface area contributed by atoms with Gasteiger partial charge in [-0.2, -0.15) is 0 Å². The molecule has 0 aliphatic rings. The van der Waals surface area contributed by atoms with Gasteiger partial charge < -0.3 is 4.74 Å². The minimum absolute atomic E-state index is 0.304. The molecular formula is C12H13ClN2OS. The zero-order valence-electron chi connectivity index (χ0n) is 9.52. The molecule has 2 rings (SSSR count). The predicted octanol–water partition coefficient (Wildman–Crippen LogP) is 3.41. The Morgan fingerprint density at radius 1 is 1.29 bits per heavy atom. The van der Waals surface area contributed by atoms with Crippen LogP contribution in [0.15, 0.2) is 29.3 Å². The maximum Gasteiger partial charge on any atom is 0.224 e. The molecule has 17 heavy (non-hydrogen) atoms. The summed E-state index contributed by atoms with van der Waals surface area (Å²) in [6.07, 6.45) is 0.997. The summed E-state index contributed by atoms with van der Waals surface area (Å²) in [5.41, 5.74) is 0.891. The maximum atomic E-state index is 5.90. The van der Waals surface area contributed by atoms with Crippen molar-refractivity contribution in [2.45, 2.75) is 11.4 Å². The van der Waals surface area contributed by atoms with Gasteiger partial charge in [0.1, 0.15) is 5.03 Å². The number of aromatic nitrogens is 2. The van der Waals surface area contributed by atoms with E-state index in [4.69, 9.17) is 16.3 Å². The van der Waals surface area contributed by atoms with Crippen molar-refractivity contribution in [3.8, 4) is 0 Å². The molecule has 0 fully saturated rings. The van der Waals surface area contributed by atoms with Crippen LogP contribution >= 0.6 is 23.4 Å². The average Bonchev–Trinajstić information content (AvgIpc) is 2.34. The molecule has 0 radical (unpaired) electrons. The number of benzene rings is 1. The Morgan fingerprint density at radius 3 is 2.94 bits per heavy atom. The molecule has 0 saturated heterocycles. The first kappa shape index (κ1) is 12.6. The minimum atomic E-state index is 0.304. The van der Waals surface area contributed by atoms with Crippen LogP contribution in [0.2, 0.25) is 5.28 Å². The van der Waals surface area contributed by atoms with Crippen molar-refractivity contribution in [2.24, 2.45) is 0 Å². The van der Waals surface area contributed by atoms with Crippen molar-refractivity contribution < 1.29 is 4.74 Å². The summed E-state index contributed by atoms with van der Waals surface area (Å²) in [6, 6.07) is 7.90. The Morgan fingerprint density at radius 2 is 2.12 bits per heavy atom. The molecule has 5 heteroatoms. The van der Waals surface area contributed by atoms with Gasteiger partial charge in [0, 0.05) is 24.9 Å². The van der Waals surface area contributed by atoms with Gasteiger partial charge in [-0.1, -0.05) is 18.2 Å². The Kier molecular flexibility index (Phi) is 4.59. The second-order valence-corrected chi connectivity index (χ2v) is 4.93. The molecule has 0 aliphatic carbocycles. The van der Waals surface area contributed by atoms with Crippen molar-refractivity contribution in [3.05, 3.63) is 29.5 Å². The number of fused-ring (bicyclic) bond motifs is 1. The fourth-order valence-corrected chi connectivity index (χ4v) is 2.66. The van der Waals surface area contributed by atoms with Gasteiger partial charge in [-0.3, -0.25) is 0 Å². The van der Waals surface area contributed by atoms with Crippen LogP contribution in [0, 0.1) is 0 Å². The highest BCUT2D eigenvalue weighted by Crippen LogP contribution is 2.26. The molecule has 1 heterocycles. The molecule has 2 aromatic rings. The van der Waals surface area contributed by atoms with E-state index >= 15 is 0 Å². The number of para-hydroxylation sites is 1. The highest BCUT2D eigenvalue weighted by atomic mass is 35.5. The summed E-state index contributed by atoms with van der Waals surface area (Å²) in [5, 5.41) is 2.30. The molecule has 0 amide bonds. The summed E-state index contributed by atoms with van der Waals surface area (Å²) in [6.45, 7) is 0.768. The minimum Gasteiger partial charge on any atom is -0.385 e. The summed E-state index contributed by atoms with van der Waals surface area (Å²) in [5.74, 6) is 0.963. The lowest BCUT2D eigenvalue weighted by atomic mass is 10.2. The quantitative estimate of drug-likeness (QED) is 0.360. The van der Waals surface area contributed by atoms with Crippen LogP contribution in [0.1, 0.15) is 6.42 Å². The number of halogens is 1. The standard InChI is InChI=1S/C12H13ClN2OS/c1-16-7-4-8-17-11-9-5-2-3-6-10(9)14-12(13)15-11/h2-3,5-6H,4,7-8H2,1H3. The van der Waals surface area contributed by atoms with Crippen LogP contribution in [-0.4, -0.2) is 29.4 Å². The second kappa shape index (κ2) is 6.19. The average molecular weight is 269 g/mol. The topological polar surface area (TPSA) is 35.0 Å². The van der Waals surface area contributed by atoms with Gasteiger partial charge >= 0.3 is 0 Å². The van der Waals surface area contributed by atoms with Gasteiger partial charge in [0.2, 0.25) is 5.28 Å². The molecule has 0 unspecified atom stereocenters. The van der Waals surface area contributed by atoms with E-state index in [1.807, 2.05) is 24.3 Å². The molecule has 0 N–H and O–H groups in total. The van der Waals surface area contributed by atoms with E-state index in [2.05, 4.69) is 9.97 Å². The number of hydrogen-bond donors (Lipinski definition) is 0. The lowest BCUT2D eigenvalue weighted by Crippen LogP contribution is -1.93. The smallest absolute Gasteiger partial charge is 0.224 e. The summed E-state index contributed by atoms with van der Waals surface area (Å²) >= 11 is 7.59. The first-order chi connectivity index (χ1) is 8.31. The van der Waals surface area contributed by atoms with E-state index in [1.165, 1.54) is 0 Å². The van der Waals surface area contributed by atoms with Gasteiger partial charge in [-0.05, 0) is 24.1 Å². The molecule has 1 aromatic heterocycles. The molecule has 0 bridgehead atoms. The number of ether oxygens (including phenoxy) is 1. The van der Waals surface area contributed by atoms with Gasteiger partial charge in [-0.25, -0.2) is 9.97 Å².